The zero-order valence-corrected chi connectivity index (χ0v) is 19.4. The van der Waals surface area contributed by atoms with E-state index in [1.807, 2.05) is 60.7 Å². The summed E-state index contributed by atoms with van der Waals surface area (Å²) in [6.07, 6.45) is 3.28. The second kappa shape index (κ2) is 13.0. The van der Waals surface area contributed by atoms with Crippen LogP contribution in [0.3, 0.4) is 0 Å². The Morgan fingerprint density at radius 3 is 2.26 bits per heavy atom. The van der Waals surface area contributed by atoms with Gasteiger partial charge in [0, 0.05) is 13.0 Å². The molecule has 2 N–H and O–H groups in total. The number of hydrogen-bond donors (Lipinski definition) is 2. The Morgan fingerprint density at radius 2 is 1.60 bits per heavy atom. The van der Waals surface area contributed by atoms with Crippen molar-refractivity contribution in [2.75, 3.05) is 13.2 Å². The largest absolute Gasteiger partial charge is 0.490 e. The first-order valence-electron chi connectivity index (χ1n) is 11.2. The molecule has 0 spiro atoms. The Balaban J connectivity index is 1.47. The molecule has 182 valence electrons. The van der Waals surface area contributed by atoms with Crippen molar-refractivity contribution in [1.29, 1.82) is 0 Å². The molecule has 3 rings (SSSR count). The summed E-state index contributed by atoms with van der Waals surface area (Å²) < 4.78 is 16.8. The fraction of sp³-hybridized carbons (Fsp3) is 0.214. The number of benzene rings is 3. The van der Waals surface area contributed by atoms with E-state index in [1.54, 1.807) is 31.2 Å². The van der Waals surface area contributed by atoms with Crippen molar-refractivity contribution in [3.05, 3.63) is 101 Å². The van der Waals surface area contributed by atoms with Crippen LogP contribution in [0.25, 0.3) is 6.08 Å². The summed E-state index contributed by atoms with van der Waals surface area (Å²) >= 11 is 0. The van der Waals surface area contributed by atoms with Gasteiger partial charge in [-0.3, -0.25) is 0 Å². The molecule has 0 aromatic heterocycles. The minimum Gasteiger partial charge on any atom is -0.490 e. The highest BCUT2D eigenvalue weighted by Crippen LogP contribution is 2.18. The van der Waals surface area contributed by atoms with Crippen LogP contribution in [0.1, 0.15) is 34.0 Å². The zero-order valence-electron chi connectivity index (χ0n) is 19.4. The lowest BCUT2D eigenvalue weighted by molar-refractivity contribution is -0.149. The van der Waals surface area contributed by atoms with E-state index in [1.165, 1.54) is 0 Å². The summed E-state index contributed by atoms with van der Waals surface area (Å²) in [5, 5.41) is 18.2. The van der Waals surface area contributed by atoms with Gasteiger partial charge in [-0.15, -0.1) is 0 Å². The van der Waals surface area contributed by atoms with Crippen molar-refractivity contribution in [1.82, 2.24) is 0 Å². The van der Waals surface area contributed by atoms with Gasteiger partial charge in [-0.05, 0) is 66.1 Å². The van der Waals surface area contributed by atoms with E-state index in [9.17, 15) is 14.7 Å². The average Bonchev–Trinajstić information content (AvgIpc) is 2.86. The van der Waals surface area contributed by atoms with Crippen molar-refractivity contribution in [3.63, 3.8) is 0 Å². The van der Waals surface area contributed by atoms with Gasteiger partial charge < -0.3 is 24.4 Å². The molecule has 0 bridgehead atoms. The normalized spacial score (nSPS) is 11.8. The van der Waals surface area contributed by atoms with E-state index in [0.29, 0.717) is 37.7 Å². The van der Waals surface area contributed by atoms with E-state index in [-0.39, 0.29) is 5.56 Å². The minimum atomic E-state index is -0.971. The van der Waals surface area contributed by atoms with Crippen molar-refractivity contribution < 1.29 is 34.0 Å². The molecular weight excluding hydrogens is 448 g/mol. The summed E-state index contributed by atoms with van der Waals surface area (Å²) in [5.74, 6) is -0.532. The number of carboxylic acid groups (broad SMARTS) is 2. The molecule has 1 atom stereocenters. The Hall–Kier alpha value is -4.10. The van der Waals surface area contributed by atoms with Crippen LogP contribution >= 0.6 is 0 Å². The maximum absolute atomic E-state index is 11.2. The third-order valence-corrected chi connectivity index (χ3v) is 5.11. The molecule has 0 aliphatic carbocycles. The lowest BCUT2D eigenvalue weighted by Gasteiger charge is -2.12. The van der Waals surface area contributed by atoms with Gasteiger partial charge in [-0.2, -0.15) is 0 Å². The number of carbonyl (C=O) groups is 2. The van der Waals surface area contributed by atoms with Crippen molar-refractivity contribution in [3.8, 4) is 11.5 Å². The third-order valence-electron chi connectivity index (χ3n) is 5.11. The summed E-state index contributed by atoms with van der Waals surface area (Å²) in [6, 6.07) is 21.5. The monoisotopic (exact) mass is 476 g/mol. The first-order chi connectivity index (χ1) is 16.9. The van der Waals surface area contributed by atoms with E-state index < -0.39 is 18.0 Å². The van der Waals surface area contributed by atoms with E-state index in [4.69, 9.17) is 19.3 Å². The number of hydrogen-bond acceptors (Lipinski definition) is 5. The molecule has 0 aliphatic rings. The van der Waals surface area contributed by atoms with Gasteiger partial charge in [-0.25, -0.2) is 9.59 Å². The molecule has 0 fully saturated rings. The number of carboxylic acids is 2. The minimum absolute atomic E-state index is 0.243. The van der Waals surface area contributed by atoms with E-state index in [2.05, 4.69) is 0 Å². The van der Waals surface area contributed by atoms with Crippen molar-refractivity contribution in [2.45, 2.75) is 26.1 Å². The van der Waals surface area contributed by atoms with Crippen LogP contribution in [0.2, 0.25) is 0 Å². The van der Waals surface area contributed by atoms with Crippen LogP contribution in [-0.2, 0) is 22.6 Å². The van der Waals surface area contributed by atoms with Gasteiger partial charge >= 0.3 is 11.9 Å². The highest BCUT2D eigenvalue weighted by Gasteiger charge is 2.17. The number of ether oxygens (including phenoxy) is 3. The lowest BCUT2D eigenvalue weighted by Crippen LogP contribution is -2.26. The maximum atomic E-state index is 11.2. The fourth-order valence-corrected chi connectivity index (χ4v) is 3.30. The highest BCUT2D eigenvalue weighted by molar-refractivity contribution is 5.87. The topological polar surface area (TPSA) is 102 Å². The standard InChI is InChI=1S/C28H28O7/c1-2-33-26(28(31)32)18-21-10-14-24(15-11-21)34-16-4-6-20-5-3-7-25(17-20)35-19-22-8-12-23(13-9-22)27(29)30/h3-15,17,26H,2,16,18-19H2,1H3,(H,29,30)(H,31,32)/b6-4-. The average molecular weight is 477 g/mol. The molecule has 0 amide bonds. The Morgan fingerprint density at radius 1 is 0.886 bits per heavy atom. The lowest BCUT2D eigenvalue weighted by atomic mass is 10.1. The van der Waals surface area contributed by atoms with E-state index in [0.717, 1.165) is 16.7 Å². The van der Waals surface area contributed by atoms with Gasteiger partial charge in [0.25, 0.3) is 0 Å². The second-order valence-corrected chi connectivity index (χ2v) is 7.71. The summed E-state index contributed by atoms with van der Waals surface area (Å²) in [5.41, 5.74) is 2.95. The molecule has 0 saturated heterocycles. The molecule has 35 heavy (non-hydrogen) atoms. The second-order valence-electron chi connectivity index (χ2n) is 7.71. The summed E-state index contributed by atoms with van der Waals surface area (Å²) in [6.45, 7) is 2.83. The molecule has 7 heteroatoms. The smallest absolute Gasteiger partial charge is 0.335 e. The van der Waals surface area contributed by atoms with Gasteiger partial charge in [-0.1, -0.05) is 42.5 Å². The van der Waals surface area contributed by atoms with Crippen molar-refractivity contribution in [2.24, 2.45) is 0 Å². The third kappa shape index (κ3) is 8.32. The quantitative estimate of drug-likeness (QED) is 0.354. The van der Waals surface area contributed by atoms with Crippen LogP contribution in [-0.4, -0.2) is 41.5 Å². The van der Waals surface area contributed by atoms with Crippen LogP contribution in [0.15, 0.2) is 78.9 Å². The Labute approximate surface area is 204 Å². The molecule has 0 radical (unpaired) electrons. The molecule has 0 saturated carbocycles. The van der Waals surface area contributed by atoms with Crippen LogP contribution in [0.4, 0.5) is 0 Å². The molecule has 3 aromatic carbocycles. The van der Waals surface area contributed by atoms with Crippen LogP contribution in [0, 0.1) is 0 Å². The maximum Gasteiger partial charge on any atom is 0.335 e. The zero-order chi connectivity index (χ0) is 25.0. The predicted molar refractivity (Wildman–Crippen MR) is 132 cm³/mol. The number of aromatic carboxylic acids is 1. The van der Waals surface area contributed by atoms with Gasteiger partial charge in [0.15, 0.2) is 6.10 Å². The molecule has 3 aromatic rings. The molecule has 7 nitrogen and oxygen atoms in total. The van der Waals surface area contributed by atoms with Crippen molar-refractivity contribution >= 4 is 18.0 Å². The number of rotatable bonds is 13. The van der Waals surface area contributed by atoms with Crippen LogP contribution < -0.4 is 9.47 Å². The predicted octanol–water partition coefficient (Wildman–Crippen LogP) is 5.09. The molecule has 0 aliphatic heterocycles. The van der Waals surface area contributed by atoms with E-state index >= 15 is 0 Å². The molecular formula is C28H28O7. The SMILES string of the molecule is CCOC(Cc1ccc(OC/C=C\c2cccc(OCc3ccc(C(=O)O)cc3)c2)cc1)C(=O)O. The summed E-state index contributed by atoms with van der Waals surface area (Å²) in [4.78, 5) is 22.2. The summed E-state index contributed by atoms with van der Waals surface area (Å²) in [7, 11) is 0. The Bertz CT molecular complexity index is 1130. The van der Waals surface area contributed by atoms with Gasteiger partial charge in [0.05, 0.1) is 5.56 Å². The fourth-order valence-electron chi connectivity index (χ4n) is 3.30. The van der Waals surface area contributed by atoms with Gasteiger partial charge in [0.1, 0.15) is 24.7 Å². The number of aliphatic carboxylic acids is 1. The first kappa shape index (κ1) is 25.5. The molecule has 1 unspecified atom stereocenters. The van der Waals surface area contributed by atoms with Crippen LogP contribution in [0.5, 0.6) is 11.5 Å². The molecule has 0 heterocycles. The first-order valence-corrected chi connectivity index (χ1v) is 11.2. The Kier molecular flexibility index (Phi) is 9.45. The van der Waals surface area contributed by atoms with Gasteiger partial charge in [0.2, 0.25) is 0 Å². The highest BCUT2D eigenvalue weighted by atomic mass is 16.5.